The normalized spacial score (nSPS) is 11.3. The molecule has 252 valence electrons. The second-order valence-electron chi connectivity index (χ2n) is 13.1. The third-order valence-electron chi connectivity index (χ3n) is 9.66. The summed E-state index contributed by atoms with van der Waals surface area (Å²) < 4.78 is 0. The van der Waals surface area contributed by atoms with Gasteiger partial charge in [-0.15, -0.1) is 0 Å². The van der Waals surface area contributed by atoms with E-state index >= 15 is 0 Å². The predicted octanol–water partition coefficient (Wildman–Crippen LogP) is 11.5. The molecule has 0 unspecified atom stereocenters. The summed E-state index contributed by atoms with van der Waals surface area (Å²) in [6.45, 7) is 0. The van der Waals surface area contributed by atoms with Gasteiger partial charge in [-0.2, -0.15) is 0 Å². The van der Waals surface area contributed by atoms with Crippen molar-refractivity contribution in [3.63, 3.8) is 0 Å². The highest BCUT2D eigenvalue weighted by Gasteiger charge is 2.19. The van der Waals surface area contributed by atoms with Gasteiger partial charge in [0.2, 0.25) is 0 Å². The fourth-order valence-corrected chi connectivity index (χ4v) is 7.08. The van der Waals surface area contributed by atoms with Gasteiger partial charge in [-0.1, -0.05) is 146 Å². The second-order valence-corrected chi connectivity index (χ2v) is 13.1. The van der Waals surface area contributed by atoms with Crippen molar-refractivity contribution in [2.45, 2.75) is 0 Å². The van der Waals surface area contributed by atoms with E-state index in [0.29, 0.717) is 17.5 Å². The first-order valence-corrected chi connectivity index (χ1v) is 17.9. The van der Waals surface area contributed by atoms with Crippen molar-refractivity contribution in [2.24, 2.45) is 0 Å². The van der Waals surface area contributed by atoms with Crippen LogP contribution >= 0.6 is 0 Å². The lowest BCUT2D eigenvalue weighted by molar-refractivity contribution is 1.20. The number of nitrogens with zero attached hydrogens (tertiary/aromatic N) is 6. The maximum Gasteiger partial charge on any atom is 0.160 e. The Morgan fingerprint density at radius 3 is 0.778 bits per heavy atom. The van der Waals surface area contributed by atoms with Crippen LogP contribution in [0.15, 0.2) is 182 Å². The average Bonchev–Trinajstić information content (AvgIpc) is 3.26. The molecule has 3 aromatic heterocycles. The minimum Gasteiger partial charge on any atom is -0.228 e. The maximum absolute atomic E-state index is 5.25. The lowest BCUT2D eigenvalue weighted by Crippen LogP contribution is -2.00. The summed E-state index contributed by atoms with van der Waals surface area (Å²) in [4.78, 5) is 31.2. The highest BCUT2D eigenvalue weighted by Crippen LogP contribution is 2.36. The largest absolute Gasteiger partial charge is 0.228 e. The van der Waals surface area contributed by atoms with Gasteiger partial charge in [0.05, 0.1) is 33.6 Å². The molecule has 0 radical (unpaired) electrons. The summed E-state index contributed by atoms with van der Waals surface area (Å²) in [6, 6.07) is 61.5. The molecule has 0 spiro atoms. The van der Waals surface area contributed by atoms with Crippen LogP contribution in [0.1, 0.15) is 0 Å². The summed E-state index contributed by atoms with van der Waals surface area (Å²) in [5.41, 5.74) is 10.6. The molecular formula is C48H30N6. The van der Waals surface area contributed by atoms with E-state index in [2.05, 4.69) is 72.8 Å². The lowest BCUT2D eigenvalue weighted by Gasteiger charge is -2.14. The topological polar surface area (TPSA) is 77.3 Å². The fourth-order valence-electron chi connectivity index (χ4n) is 7.08. The van der Waals surface area contributed by atoms with Gasteiger partial charge in [-0.25, -0.2) is 29.9 Å². The third kappa shape index (κ3) is 5.72. The van der Waals surface area contributed by atoms with E-state index in [-0.39, 0.29) is 0 Å². The Kier molecular flexibility index (Phi) is 7.69. The standard InChI is InChI=1S/C48H30N6/c1-4-16-31(17-5-1)43-37-22-10-13-25-40(37)49-46(52-43)34-28-35(47-50-41-26-14-11-23-38(41)44(53-47)32-18-6-2-7-19-32)30-36(29-34)48-51-42-27-15-12-24-39(42)45(54-48)33-20-8-3-9-21-33/h1-30H. The van der Waals surface area contributed by atoms with E-state index in [1.165, 1.54) is 0 Å². The first-order chi connectivity index (χ1) is 26.7. The zero-order valence-corrected chi connectivity index (χ0v) is 29.0. The van der Waals surface area contributed by atoms with Crippen molar-refractivity contribution >= 4 is 32.7 Å². The highest BCUT2D eigenvalue weighted by atomic mass is 14.9. The molecule has 0 aliphatic heterocycles. The molecule has 54 heavy (non-hydrogen) atoms. The van der Waals surface area contributed by atoms with E-state index < -0.39 is 0 Å². The summed E-state index contributed by atoms with van der Waals surface area (Å²) in [5, 5.41) is 2.96. The quantitative estimate of drug-likeness (QED) is 0.173. The molecule has 7 aromatic carbocycles. The van der Waals surface area contributed by atoms with Crippen LogP contribution in [0.2, 0.25) is 0 Å². The molecule has 0 saturated heterocycles. The Morgan fingerprint density at radius 2 is 0.481 bits per heavy atom. The van der Waals surface area contributed by atoms with Gasteiger partial charge in [0.1, 0.15) is 0 Å². The van der Waals surface area contributed by atoms with Gasteiger partial charge in [0, 0.05) is 49.5 Å². The zero-order valence-electron chi connectivity index (χ0n) is 29.0. The highest BCUT2D eigenvalue weighted by molar-refractivity contribution is 5.97. The van der Waals surface area contributed by atoms with E-state index in [4.69, 9.17) is 29.9 Å². The number of hydrogen-bond donors (Lipinski definition) is 0. The van der Waals surface area contributed by atoms with Crippen LogP contribution in [0.25, 0.3) is 101 Å². The van der Waals surface area contributed by atoms with Crippen molar-refractivity contribution in [3.8, 4) is 67.9 Å². The van der Waals surface area contributed by atoms with Crippen LogP contribution in [0.5, 0.6) is 0 Å². The predicted molar refractivity (Wildman–Crippen MR) is 218 cm³/mol. The minimum atomic E-state index is 0.587. The summed E-state index contributed by atoms with van der Waals surface area (Å²) in [5.74, 6) is 1.76. The summed E-state index contributed by atoms with van der Waals surface area (Å²) >= 11 is 0. The van der Waals surface area contributed by atoms with Gasteiger partial charge >= 0.3 is 0 Å². The van der Waals surface area contributed by atoms with E-state index in [0.717, 1.165) is 83.2 Å². The molecule has 0 bridgehead atoms. The lowest BCUT2D eigenvalue weighted by atomic mass is 10.0. The second kappa shape index (κ2) is 13.3. The first kappa shape index (κ1) is 31.3. The van der Waals surface area contributed by atoms with Gasteiger partial charge in [0.25, 0.3) is 0 Å². The SMILES string of the molecule is c1ccc(-c2nc(-c3cc(-c4nc(-c5ccccc5)c5ccccc5n4)cc(-c4nc(-c5ccccc5)c5ccccc5n4)c3)nc3ccccc23)cc1. The van der Waals surface area contributed by atoms with Crippen molar-refractivity contribution in [2.75, 3.05) is 0 Å². The minimum absolute atomic E-state index is 0.587. The van der Waals surface area contributed by atoms with Gasteiger partial charge in [0.15, 0.2) is 17.5 Å². The molecule has 6 heteroatoms. The Balaban J connectivity index is 1.25. The summed E-state index contributed by atoms with van der Waals surface area (Å²) in [6.07, 6.45) is 0. The molecule has 10 aromatic rings. The number of benzene rings is 7. The average molecular weight is 691 g/mol. The van der Waals surface area contributed by atoms with E-state index in [1.54, 1.807) is 0 Å². The van der Waals surface area contributed by atoms with E-state index in [9.17, 15) is 0 Å². The Morgan fingerprint density at radius 1 is 0.222 bits per heavy atom. The molecule has 3 heterocycles. The van der Waals surface area contributed by atoms with Crippen molar-refractivity contribution in [1.82, 2.24) is 29.9 Å². The number of aromatic nitrogens is 6. The molecule has 10 rings (SSSR count). The van der Waals surface area contributed by atoms with Crippen molar-refractivity contribution < 1.29 is 0 Å². The molecular weight excluding hydrogens is 661 g/mol. The van der Waals surface area contributed by atoms with Crippen molar-refractivity contribution in [1.29, 1.82) is 0 Å². The fraction of sp³-hybridized carbons (Fsp3) is 0. The van der Waals surface area contributed by atoms with Crippen LogP contribution in [0.3, 0.4) is 0 Å². The number of rotatable bonds is 6. The molecule has 0 fully saturated rings. The smallest absolute Gasteiger partial charge is 0.160 e. The Bertz CT molecular complexity index is 2650. The van der Waals surface area contributed by atoms with Crippen LogP contribution < -0.4 is 0 Å². The molecule has 0 aliphatic carbocycles. The van der Waals surface area contributed by atoms with Crippen LogP contribution in [-0.2, 0) is 0 Å². The molecule has 6 nitrogen and oxygen atoms in total. The molecule has 0 aliphatic rings. The Labute approximate surface area is 311 Å². The monoisotopic (exact) mass is 690 g/mol. The molecule has 0 saturated carbocycles. The number of fused-ring (bicyclic) bond motifs is 3. The molecule has 0 N–H and O–H groups in total. The number of para-hydroxylation sites is 3. The maximum atomic E-state index is 5.25. The Hall–Kier alpha value is -7.44. The van der Waals surface area contributed by atoms with Gasteiger partial charge in [-0.05, 0) is 36.4 Å². The zero-order chi connectivity index (χ0) is 35.8. The van der Waals surface area contributed by atoms with E-state index in [1.807, 2.05) is 109 Å². The van der Waals surface area contributed by atoms with Crippen LogP contribution in [-0.4, -0.2) is 29.9 Å². The molecule has 0 amide bonds. The number of hydrogen-bond acceptors (Lipinski definition) is 6. The van der Waals surface area contributed by atoms with Crippen LogP contribution in [0, 0.1) is 0 Å². The van der Waals surface area contributed by atoms with Crippen molar-refractivity contribution in [3.05, 3.63) is 182 Å². The van der Waals surface area contributed by atoms with Gasteiger partial charge < -0.3 is 0 Å². The first-order valence-electron chi connectivity index (χ1n) is 17.9. The third-order valence-corrected chi connectivity index (χ3v) is 9.66. The molecule has 0 atom stereocenters. The summed E-state index contributed by atoms with van der Waals surface area (Å²) in [7, 11) is 0. The van der Waals surface area contributed by atoms with Crippen LogP contribution in [0.4, 0.5) is 0 Å². The van der Waals surface area contributed by atoms with Gasteiger partial charge in [-0.3, -0.25) is 0 Å².